The molecule has 0 radical (unpaired) electrons. The molecule has 0 aliphatic rings. The van der Waals surface area contributed by atoms with Gasteiger partial charge in [-0.15, -0.1) is 0 Å². The van der Waals surface area contributed by atoms with Crippen molar-refractivity contribution < 1.29 is 0 Å². The van der Waals surface area contributed by atoms with Crippen molar-refractivity contribution in [2.75, 3.05) is 6.16 Å². The fourth-order valence-corrected chi connectivity index (χ4v) is 4.89. The highest BCUT2D eigenvalue weighted by atomic mass is 31.1. The molecule has 2 aromatic carbocycles. The monoisotopic (exact) mass is 285 g/mol. The normalized spacial score (nSPS) is 12.8. The molecule has 2 rings (SSSR count). The van der Waals surface area contributed by atoms with Crippen molar-refractivity contribution in [1.82, 2.24) is 0 Å². The Hall–Kier alpha value is -1.17. The Morgan fingerprint density at radius 1 is 0.850 bits per heavy atom. The molecule has 20 heavy (non-hydrogen) atoms. The van der Waals surface area contributed by atoms with E-state index in [0.717, 1.165) is 12.6 Å². The van der Waals surface area contributed by atoms with E-state index < -0.39 is 0 Å². The predicted molar refractivity (Wildman–Crippen MR) is 91.4 cm³/mol. The Labute approximate surface area is 124 Å². The predicted octanol–water partition coefficient (Wildman–Crippen LogP) is 3.49. The standard InChI is InChI=1S/C18H24NP/c1-15(2)13-16(19)14-20(17-9-5-3-6-10-17)18-11-7-4-8-12-18/h3-12,15-16H,13-14,19H2,1-2H3/t16-/m0/s1. The molecule has 0 bridgehead atoms. The van der Waals surface area contributed by atoms with Gasteiger partial charge in [0.05, 0.1) is 0 Å². The number of hydrogen-bond acceptors (Lipinski definition) is 1. The molecule has 106 valence electrons. The van der Waals surface area contributed by atoms with Crippen LogP contribution in [0.5, 0.6) is 0 Å². The summed E-state index contributed by atoms with van der Waals surface area (Å²) in [5, 5.41) is 2.85. The van der Waals surface area contributed by atoms with Gasteiger partial charge in [0.1, 0.15) is 0 Å². The molecule has 2 N–H and O–H groups in total. The average Bonchev–Trinajstić information content (AvgIpc) is 2.46. The third-order valence-corrected chi connectivity index (χ3v) is 6.00. The van der Waals surface area contributed by atoms with Crippen LogP contribution in [0.25, 0.3) is 0 Å². The Kier molecular flexibility index (Phi) is 5.76. The maximum atomic E-state index is 6.37. The zero-order valence-corrected chi connectivity index (χ0v) is 13.3. The summed E-state index contributed by atoms with van der Waals surface area (Å²) in [5.74, 6) is 0.661. The first-order valence-corrected chi connectivity index (χ1v) is 8.82. The lowest BCUT2D eigenvalue weighted by atomic mass is 10.1. The molecule has 0 saturated heterocycles. The molecule has 0 unspecified atom stereocenters. The van der Waals surface area contributed by atoms with E-state index in [-0.39, 0.29) is 14.0 Å². The molecular formula is C18H24NP. The van der Waals surface area contributed by atoms with Crippen LogP contribution >= 0.6 is 7.92 Å². The Bertz CT molecular complexity index is 456. The molecule has 0 saturated carbocycles. The van der Waals surface area contributed by atoms with Crippen molar-refractivity contribution in [2.24, 2.45) is 11.7 Å². The zero-order valence-electron chi connectivity index (χ0n) is 12.4. The van der Waals surface area contributed by atoms with Gasteiger partial charge in [0.25, 0.3) is 0 Å². The van der Waals surface area contributed by atoms with Crippen molar-refractivity contribution in [2.45, 2.75) is 26.3 Å². The van der Waals surface area contributed by atoms with Crippen molar-refractivity contribution in [3.8, 4) is 0 Å². The van der Waals surface area contributed by atoms with Crippen molar-refractivity contribution >= 4 is 18.5 Å². The zero-order chi connectivity index (χ0) is 14.4. The molecular weight excluding hydrogens is 261 g/mol. The first-order valence-electron chi connectivity index (χ1n) is 7.30. The summed E-state index contributed by atoms with van der Waals surface area (Å²) in [5.41, 5.74) is 6.37. The molecule has 1 nitrogen and oxygen atoms in total. The van der Waals surface area contributed by atoms with Crippen LogP contribution in [0.15, 0.2) is 60.7 Å². The smallest absolute Gasteiger partial charge is 0.00866 e. The summed E-state index contributed by atoms with van der Waals surface area (Å²) in [7, 11) is -0.346. The van der Waals surface area contributed by atoms with Crippen LogP contribution < -0.4 is 16.3 Å². The minimum atomic E-state index is -0.346. The number of nitrogens with two attached hydrogens (primary N) is 1. The van der Waals surface area contributed by atoms with E-state index in [1.54, 1.807) is 0 Å². The van der Waals surface area contributed by atoms with Gasteiger partial charge < -0.3 is 5.73 Å². The van der Waals surface area contributed by atoms with Gasteiger partial charge in [0, 0.05) is 6.04 Å². The third-order valence-electron chi connectivity index (χ3n) is 3.33. The second-order valence-corrected chi connectivity index (χ2v) is 7.93. The highest BCUT2D eigenvalue weighted by molar-refractivity contribution is 7.73. The second kappa shape index (κ2) is 7.57. The van der Waals surface area contributed by atoms with Gasteiger partial charge in [0.2, 0.25) is 0 Å². The van der Waals surface area contributed by atoms with Gasteiger partial charge in [-0.3, -0.25) is 0 Å². The summed E-state index contributed by atoms with van der Waals surface area (Å²) in [6, 6.07) is 21.9. The van der Waals surface area contributed by atoms with Gasteiger partial charge in [-0.2, -0.15) is 0 Å². The molecule has 1 atom stereocenters. The molecule has 0 heterocycles. The largest absolute Gasteiger partial charge is 0.327 e. The molecule has 2 aromatic rings. The van der Waals surface area contributed by atoms with Crippen LogP contribution in [0.4, 0.5) is 0 Å². The van der Waals surface area contributed by atoms with Gasteiger partial charge in [-0.1, -0.05) is 74.5 Å². The fraction of sp³-hybridized carbons (Fsp3) is 0.333. The number of hydrogen-bond donors (Lipinski definition) is 1. The summed E-state index contributed by atoms with van der Waals surface area (Å²) in [6.07, 6.45) is 2.17. The topological polar surface area (TPSA) is 26.0 Å². The summed E-state index contributed by atoms with van der Waals surface area (Å²) in [6.45, 7) is 4.49. The van der Waals surface area contributed by atoms with E-state index in [2.05, 4.69) is 74.5 Å². The Balaban J connectivity index is 2.21. The molecule has 0 fully saturated rings. The third kappa shape index (κ3) is 4.44. The first kappa shape index (κ1) is 15.2. The highest BCUT2D eigenvalue weighted by Gasteiger charge is 2.17. The van der Waals surface area contributed by atoms with E-state index in [1.807, 2.05) is 0 Å². The fourth-order valence-electron chi connectivity index (χ4n) is 2.49. The van der Waals surface area contributed by atoms with Gasteiger partial charge in [-0.05, 0) is 37.0 Å². The maximum absolute atomic E-state index is 6.37. The SMILES string of the molecule is CC(C)C[C@H](N)CP(c1ccccc1)c1ccccc1. The van der Waals surface area contributed by atoms with Crippen molar-refractivity contribution in [3.63, 3.8) is 0 Å². The summed E-state index contributed by atoms with van der Waals surface area (Å²) in [4.78, 5) is 0. The quantitative estimate of drug-likeness (QED) is 0.808. The summed E-state index contributed by atoms with van der Waals surface area (Å²) < 4.78 is 0. The Morgan fingerprint density at radius 2 is 1.30 bits per heavy atom. The lowest BCUT2D eigenvalue weighted by Crippen LogP contribution is -2.29. The van der Waals surface area contributed by atoms with E-state index in [4.69, 9.17) is 5.73 Å². The van der Waals surface area contributed by atoms with Gasteiger partial charge in [0.15, 0.2) is 0 Å². The molecule has 0 amide bonds. The van der Waals surface area contributed by atoms with Crippen LogP contribution in [-0.2, 0) is 0 Å². The molecule has 0 spiro atoms. The summed E-state index contributed by atoms with van der Waals surface area (Å²) >= 11 is 0. The molecule has 0 aliphatic carbocycles. The first-order chi connectivity index (χ1) is 9.66. The van der Waals surface area contributed by atoms with E-state index >= 15 is 0 Å². The van der Waals surface area contributed by atoms with Gasteiger partial charge >= 0.3 is 0 Å². The van der Waals surface area contributed by atoms with Crippen molar-refractivity contribution in [1.29, 1.82) is 0 Å². The van der Waals surface area contributed by atoms with E-state index in [0.29, 0.717) is 5.92 Å². The molecule has 0 aliphatic heterocycles. The van der Waals surface area contributed by atoms with Crippen LogP contribution in [0, 0.1) is 5.92 Å². The van der Waals surface area contributed by atoms with Crippen LogP contribution in [0.3, 0.4) is 0 Å². The molecule has 2 heteroatoms. The van der Waals surface area contributed by atoms with E-state index in [1.165, 1.54) is 10.6 Å². The van der Waals surface area contributed by atoms with Gasteiger partial charge in [-0.25, -0.2) is 0 Å². The number of rotatable bonds is 6. The maximum Gasteiger partial charge on any atom is 0.00866 e. The second-order valence-electron chi connectivity index (χ2n) is 5.67. The van der Waals surface area contributed by atoms with E-state index in [9.17, 15) is 0 Å². The molecule has 0 aromatic heterocycles. The van der Waals surface area contributed by atoms with Crippen LogP contribution in [0.2, 0.25) is 0 Å². The average molecular weight is 285 g/mol. The lowest BCUT2D eigenvalue weighted by molar-refractivity contribution is 0.523. The lowest BCUT2D eigenvalue weighted by Gasteiger charge is -2.23. The van der Waals surface area contributed by atoms with Crippen molar-refractivity contribution in [3.05, 3.63) is 60.7 Å². The highest BCUT2D eigenvalue weighted by Crippen LogP contribution is 2.34. The number of benzene rings is 2. The van der Waals surface area contributed by atoms with Crippen LogP contribution in [0.1, 0.15) is 20.3 Å². The minimum absolute atomic E-state index is 0.279. The van der Waals surface area contributed by atoms with Crippen LogP contribution in [-0.4, -0.2) is 12.2 Å². The Morgan fingerprint density at radius 3 is 1.70 bits per heavy atom. The minimum Gasteiger partial charge on any atom is -0.327 e.